The SMILES string of the molecule is CCCCNC(=O)c1ccc(S(=O)(=O)F)cc1. The van der Waals surface area contributed by atoms with Gasteiger partial charge in [0.15, 0.2) is 0 Å². The van der Waals surface area contributed by atoms with Gasteiger partial charge in [-0.05, 0) is 30.7 Å². The molecule has 1 rings (SSSR count). The van der Waals surface area contributed by atoms with Gasteiger partial charge in [-0.1, -0.05) is 13.3 Å². The fourth-order valence-electron chi connectivity index (χ4n) is 1.25. The second-order valence-corrected chi connectivity index (χ2v) is 4.92. The second-order valence-electron chi connectivity index (χ2n) is 3.57. The monoisotopic (exact) mass is 259 g/mol. The number of carbonyl (C=O) groups is 1. The number of unbranched alkanes of at least 4 members (excludes halogenated alkanes) is 1. The van der Waals surface area contributed by atoms with E-state index in [1.165, 1.54) is 12.1 Å². The number of rotatable bonds is 5. The Hall–Kier alpha value is -1.43. The smallest absolute Gasteiger partial charge is 0.332 e. The number of hydrogen-bond acceptors (Lipinski definition) is 3. The summed E-state index contributed by atoms with van der Waals surface area (Å²) >= 11 is 0. The molecule has 0 aliphatic carbocycles. The van der Waals surface area contributed by atoms with Crippen LogP contribution >= 0.6 is 0 Å². The van der Waals surface area contributed by atoms with Gasteiger partial charge in [0.1, 0.15) is 0 Å². The number of carbonyl (C=O) groups excluding carboxylic acids is 1. The zero-order chi connectivity index (χ0) is 12.9. The number of halogens is 1. The Bertz CT molecular complexity index is 482. The van der Waals surface area contributed by atoms with Crippen LogP contribution in [-0.2, 0) is 10.2 Å². The summed E-state index contributed by atoms with van der Waals surface area (Å²) in [5.41, 5.74) is 0.313. The van der Waals surface area contributed by atoms with Crippen LogP contribution in [0, 0.1) is 0 Å². The molecule has 0 aliphatic rings. The first kappa shape index (κ1) is 13.6. The van der Waals surface area contributed by atoms with Crippen LogP contribution in [0.3, 0.4) is 0 Å². The third-order valence-electron chi connectivity index (χ3n) is 2.21. The predicted molar refractivity (Wildman–Crippen MR) is 62.0 cm³/mol. The molecule has 4 nitrogen and oxygen atoms in total. The van der Waals surface area contributed by atoms with Crippen molar-refractivity contribution < 1.29 is 17.1 Å². The van der Waals surface area contributed by atoms with Gasteiger partial charge in [0, 0.05) is 12.1 Å². The average Bonchev–Trinajstić information content (AvgIpc) is 2.28. The molecular formula is C11H14FNO3S. The first-order valence-corrected chi connectivity index (χ1v) is 6.66. The van der Waals surface area contributed by atoms with Gasteiger partial charge in [0.05, 0.1) is 4.90 Å². The Kier molecular flexibility index (Phi) is 4.62. The van der Waals surface area contributed by atoms with Crippen molar-refractivity contribution in [2.75, 3.05) is 6.54 Å². The van der Waals surface area contributed by atoms with Crippen LogP contribution in [0.1, 0.15) is 30.1 Å². The van der Waals surface area contributed by atoms with Gasteiger partial charge >= 0.3 is 10.2 Å². The van der Waals surface area contributed by atoms with Crippen LogP contribution in [0.15, 0.2) is 29.2 Å². The second kappa shape index (κ2) is 5.77. The third kappa shape index (κ3) is 4.14. The summed E-state index contributed by atoms with van der Waals surface area (Å²) in [5.74, 6) is -0.291. The lowest BCUT2D eigenvalue weighted by Gasteiger charge is -2.04. The highest BCUT2D eigenvalue weighted by Crippen LogP contribution is 2.12. The molecule has 0 atom stereocenters. The van der Waals surface area contributed by atoms with Crippen LogP contribution in [0.4, 0.5) is 3.89 Å². The minimum absolute atomic E-state index is 0.291. The van der Waals surface area contributed by atoms with E-state index in [1.807, 2.05) is 6.92 Å². The number of hydrogen-bond donors (Lipinski definition) is 1. The lowest BCUT2D eigenvalue weighted by atomic mass is 10.2. The summed E-state index contributed by atoms with van der Waals surface area (Å²) in [6, 6.07) is 4.72. The predicted octanol–water partition coefficient (Wildman–Crippen LogP) is 1.87. The van der Waals surface area contributed by atoms with E-state index >= 15 is 0 Å². The van der Waals surface area contributed by atoms with E-state index in [1.54, 1.807) is 0 Å². The molecule has 0 spiro atoms. The molecule has 0 saturated carbocycles. The lowest BCUT2D eigenvalue weighted by molar-refractivity contribution is 0.0953. The number of amides is 1. The molecule has 0 radical (unpaired) electrons. The zero-order valence-corrected chi connectivity index (χ0v) is 10.3. The molecule has 1 aromatic rings. The largest absolute Gasteiger partial charge is 0.352 e. The Labute approximate surface area is 100 Å². The molecule has 0 aliphatic heterocycles. The van der Waals surface area contributed by atoms with Crippen molar-refractivity contribution in [1.82, 2.24) is 5.32 Å². The summed E-state index contributed by atoms with van der Waals surface area (Å²) in [6.07, 6.45) is 1.85. The Morgan fingerprint density at radius 1 is 1.29 bits per heavy atom. The van der Waals surface area contributed by atoms with Crippen molar-refractivity contribution in [3.8, 4) is 0 Å². The summed E-state index contributed by atoms with van der Waals surface area (Å²) in [6.45, 7) is 2.57. The van der Waals surface area contributed by atoms with Crippen LogP contribution in [0.25, 0.3) is 0 Å². The summed E-state index contributed by atoms with van der Waals surface area (Å²) in [5, 5.41) is 2.68. The van der Waals surface area contributed by atoms with E-state index < -0.39 is 15.1 Å². The highest BCUT2D eigenvalue weighted by molar-refractivity contribution is 7.86. The number of nitrogens with one attached hydrogen (secondary N) is 1. The van der Waals surface area contributed by atoms with Gasteiger partial charge in [0.25, 0.3) is 5.91 Å². The lowest BCUT2D eigenvalue weighted by Crippen LogP contribution is -2.24. The molecule has 0 heterocycles. The molecule has 0 fully saturated rings. The number of benzene rings is 1. The van der Waals surface area contributed by atoms with E-state index in [9.17, 15) is 17.1 Å². The summed E-state index contributed by atoms with van der Waals surface area (Å²) < 4.78 is 33.7. The molecule has 0 aromatic heterocycles. The van der Waals surface area contributed by atoms with Crippen molar-refractivity contribution >= 4 is 16.1 Å². The van der Waals surface area contributed by atoms with E-state index in [4.69, 9.17) is 0 Å². The van der Waals surface area contributed by atoms with Crippen molar-refractivity contribution in [2.24, 2.45) is 0 Å². The van der Waals surface area contributed by atoms with Crippen molar-refractivity contribution in [2.45, 2.75) is 24.7 Å². The first-order chi connectivity index (χ1) is 7.95. The Balaban J connectivity index is 2.71. The quantitative estimate of drug-likeness (QED) is 0.648. The Morgan fingerprint density at radius 3 is 2.35 bits per heavy atom. The van der Waals surface area contributed by atoms with Crippen LogP contribution < -0.4 is 5.32 Å². The minimum atomic E-state index is -4.70. The average molecular weight is 259 g/mol. The molecule has 0 bridgehead atoms. The normalized spacial score (nSPS) is 11.2. The first-order valence-electron chi connectivity index (χ1n) is 5.28. The zero-order valence-electron chi connectivity index (χ0n) is 9.44. The standard InChI is InChI=1S/C11H14FNO3S/c1-2-3-8-13-11(14)9-4-6-10(7-5-9)17(12,15)16/h4-7H,2-3,8H2,1H3,(H,13,14). The summed E-state index contributed by atoms with van der Waals surface area (Å²) in [4.78, 5) is 11.1. The maximum Gasteiger partial charge on any atom is 0.332 e. The van der Waals surface area contributed by atoms with Gasteiger partial charge < -0.3 is 5.32 Å². The van der Waals surface area contributed by atoms with Crippen molar-refractivity contribution in [3.63, 3.8) is 0 Å². The van der Waals surface area contributed by atoms with E-state index in [0.29, 0.717) is 12.1 Å². The van der Waals surface area contributed by atoms with Gasteiger partial charge in [-0.2, -0.15) is 8.42 Å². The maximum absolute atomic E-state index is 12.6. The molecule has 94 valence electrons. The molecule has 0 unspecified atom stereocenters. The van der Waals surface area contributed by atoms with Crippen LogP contribution in [0.2, 0.25) is 0 Å². The molecule has 1 aromatic carbocycles. The van der Waals surface area contributed by atoms with Gasteiger partial charge in [0.2, 0.25) is 0 Å². The topological polar surface area (TPSA) is 63.2 Å². The van der Waals surface area contributed by atoms with Crippen molar-refractivity contribution in [3.05, 3.63) is 29.8 Å². The van der Waals surface area contributed by atoms with Crippen molar-refractivity contribution in [1.29, 1.82) is 0 Å². The highest BCUT2D eigenvalue weighted by atomic mass is 32.3. The molecular weight excluding hydrogens is 245 g/mol. The van der Waals surface area contributed by atoms with E-state index in [2.05, 4.69) is 5.32 Å². The maximum atomic E-state index is 12.6. The molecule has 17 heavy (non-hydrogen) atoms. The Morgan fingerprint density at radius 2 is 1.88 bits per heavy atom. The van der Waals surface area contributed by atoms with Crippen LogP contribution in [-0.4, -0.2) is 20.9 Å². The third-order valence-corrected chi connectivity index (χ3v) is 3.05. The van der Waals surface area contributed by atoms with E-state index in [0.717, 1.165) is 25.0 Å². The van der Waals surface area contributed by atoms with Gasteiger partial charge in [-0.15, -0.1) is 3.89 Å². The van der Waals surface area contributed by atoms with E-state index in [-0.39, 0.29) is 5.91 Å². The molecule has 1 amide bonds. The van der Waals surface area contributed by atoms with Gasteiger partial charge in [-0.3, -0.25) is 4.79 Å². The highest BCUT2D eigenvalue weighted by Gasteiger charge is 2.12. The minimum Gasteiger partial charge on any atom is -0.352 e. The summed E-state index contributed by atoms with van der Waals surface area (Å²) in [7, 11) is -4.70. The molecule has 1 N–H and O–H groups in total. The van der Waals surface area contributed by atoms with Gasteiger partial charge in [-0.25, -0.2) is 0 Å². The molecule has 0 saturated heterocycles. The molecule has 6 heteroatoms. The van der Waals surface area contributed by atoms with Crippen LogP contribution in [0.5, 0.6) is 0 Å². The fourth-order valence-corrected chi connectivity index (χ4v) is 1.71. The fraction of sp³-hybridized carbons (Fsp3) is 0.364.